The maximum absolute atomic E-state index is 12.3. The lowest BCUT2D eigenvalue weighted by atomic mass is 10.0. The largest absolute Gasteiger partial charge is 0.397 e. The molecule has 16 unspecified atom stereocenters. The van der Waals surface area contributed by atoms with E-state index in [0.717, 1.165) is 0 Å². The second-order valence-corrected chi connectivity index (χ2v) is 30.4. The summed E-state index contributed by atoms with van der Waals surface area (Å²) >= 11 is 0. The van der Waals surface area contributed by atoms with E-state index < -0.39 is 220 Å². The Hall–Kier alpha value is -2.50. The van der Waals surface area contributed by atoms with Crippen LogP contribution in [0.25, 0.3) is 0 Å². The molecule has 4 heterocycles. The van der Waals surface area contributed by atoms with Crippen LogP contribution in [0.2, 0.25) is 0 Å². The summed E-state index contributed by atoms with van der Waals surface area (Å²) in [6.45, 7) is 1.70. The standard InChI is InChI=1S/C45H82N2O44S8/c1-28-30(82-44-36(90-98(68,69)70)24-32(86-94(56,57)58)38(84-44)26-78-92(50,51)52)22-34(88-96(62,63)64)42(80-28)76-18-9-5-3-7-14-46-40(48)12-20-74-16-11-17-75-21-13-41(49)47-15-8-4-6-10-19-77-43-35(89-97(65,66)67)23-31(29(2)81-43)83-45-37(91-99(71,72)73)25-33(87-95(59,60)61)39(85-45)27-79-93(53,54)55/h28-39,42-45H,3-27H2,1-2H3,(H,46,48)(H,47,49)(H,50,51,52)(H,53,54,55)(H,56,57,58)(H,59,60,61)(H,62,63,64)(H,65,66,67)(H,68,69,70)(H,71,72,73). The van der Waals surface area contributed by atoms with Crippen molar-refractivity contribution in [3.05, 3.63) is 0 Å². The SMILES string of the molecule is CC1OC(OCCCCCCNC(=O)CCOCCCOCCC(=O)NCCCCCCOC2OC(C)C(OC3OC(COS(=O)(=O)O)C(OS(=O)(=O)O)CC3OS(=O)(=O)O)CC2OS(=O)(=O)O)C(OS(=O)(=O)O)CC1OC1OC(COS(=O)(=O)O)C(OS(=O)(=O)O)CC1OS(=O)(=O)O. The van der Waals surface area contributed by atoms with E-state index in [1.807, 2.05) is 0 Å². The Morgan fingerprint density at radius 3 is 0.949 bits per heavy atom. The fourth-order valence-corrected chi connectivity index (χ4v) is 13.4. The minimum absolute atomic E-state index is 0.0366. The molecule has 10 N–H and O–H groups in total. The van der Waals surface area contributed by atoms with Crippen LogP contribution in [0, 0.1) is 0 Å². The summed E-state index contributed by atoms with van der Waals surface area (Å²) in [5.74, 6) is -0.535. The van der Waals surface area contributed by atoms with E-state index in [1.165, 1.54) is 13.8 Å². The third-order valence-corrected chi connectivity index (χ3v) is 17.8. The average Bonchev–Trinajstić information content (AvgIpc) is 0.800. The Morgan fingerprint density at radius 1 is 0.343 bits per heavy atom. The van der Waals surface area contributed by atoms with Crippen LogP contribution in [0.1, 0.15) is 110 Å². The molecule has 4 saturated heterocycles. The van der Waals surface area contributed by atoms with Gasteiger partial charge in [0.15, 0.2) is 25.2 Å². The monoisotopic (exact) mass is 1610 g/mol. The van der Waals surface area contributed by atoms with Gasteiger partial charge in [-0.1, -0.05) is 25.7 Å². The number of hydrogen-bond acceptors (Lipinski definition) is 36. The Kier molecular flexibility index (Phi) is 36.7. The summed E-state index contributed by atoms with van der Waals surface area (Å²) in [7, 11) is -42.3. The Bertz CT molecular complexity index is 3220. The van der Waals surface area contributed by atoms with Gasteiger partial charge in [-0.05, 0) is 46.0 Å². The molecule has 0 saturated carbocycles. The molecule has 0 bridgehead atoms. The molecule has 54 heteroatoms. The van der Waals surface area contributed by atoms with Gasteiger partial charge in [0.1, 0.15) is 48.8 Å². The molecule has 4 aliphatic rings. The molecule has 4 fully saturated rings. The van der Waals surface area contributed by atoms with Gasteiger partial charge >= 0.3 is 83.2 Å². The van der Waals surface area contributed by atoms with Gasteiger partial charge < -0.3 is 58.0 Å². The first-order chi connectivity index (χ1) is 45.7. The van der Waals surface area contributed by atoms with Crippen molar-refractivity contribution in [3.8, 4) is 0 Å². The number of unbranched alkanes of at least 4 members (excludes halogenated alkanes) is 6. The van der Waals surface area contributed by atoms with E-state index >= 15 is 0 Å². The molecular weight excluding hydrogens is 1530 g/mol. The molecule has 0 radical (unpaired) electrons. The van der Waals surface area contributed by atoms with Crippen LogP contribution in [0.15, 0.2) is 0 Å². The molecule has 0 aliphatic carbocycles. The third kappa shape index (κ3) is 39.4. The number of nitrogens with one attached hydrogen (secondary N) is 2. The third-order valence-electron chi connectivity index (χ3n) is 14.0. The van der Waals surface area contributed by atoms with Crippen LogP contribution in [0.5, 0.6) is 0 Å². The second kappa shape index (κ2) is 40.8. The predicted octanol–water partition coefficient (Wildman–Crippen LogP) is -2.39. The molecule has 2 amide bonds. The van der Waals surface area contributed by atoms with Gasteiger partial charge in [-0.3, -0.25) is 46.0 Å². The molecule has 4 aliphatic heterocycles. The van der Waals surface area contributed by atoms with Crippen molar-refractivity contribution in [1.29, 1.82) is 0 Å². The Labute approximate surface area is 571 Å². The van der Waals surface area contributed by atoms with Gasteiger partial charge in [0, 0.05) is 78.0 Å². The highest BCUT2D eigenvalue weighted by Gasteiger charge is 2.50. The normalized spacial score (nSPS) is 28.7. The first-order valence-electron chi connectivity index (χ1n) is 29.7. The van der Waals surface area contributed by atoms with E-state index in [1.54, 1.807) is 0 Å². The lowest BCUT2D eigenvalue weighted by Crippen LogP contribution is -2.56. The molecule has 0 aromatic heterocycles. The van der Waals surface area contributed by atoms with Crippen molar-refractivity contribution in [2.45, 2.75) is 209 Å². The van der Waals surface area contributed by atoms with Gasteiger partial charge in [0.2, 0.25) is 11.8 Å². The van der Waals surface area contributed by atoms with Gasteiger partial charge in [0.25, 0.3) is 0 Å². The molecule has 0 spiro atoms. The maximum atomic E-state index is 12.3. The van der Waals surface area contributed by atoms with Crippen molar-refractivity contribution in [3.63, 3.8) is 0 Å². The van der Waals surface area contributed by atoms with Crippen molar-refractivity contribution in [1.82, 2.24) is 10.6 Å². The molecule has 99 heavy (non-hydrogen) atoms. The highest BCUT2D eigenvalue weighted by Crippen LogP contribution is 2.36. The maximum Gasteiger partial charge on any atom is 0.397 e. The summed E-state index contributed by atoms with van der Waals surface area (Å²) in [5.41, 5.74) is 0. The topological polar surface area (TPSA) is 659 Å². The van der Waals surface area contributed by atoms with E-state index in [0.29, 0.717) is 70.9 Å². The van der Waals surface area contributed by atoms with Crippen LogP contribution >= 0.6 is 0 Å². The zero-order valence-corrected chi connectivity index (χ0v) is 59.0. The summed E-state index contributed by atoms with van der Waals surface area (Å²) in [6.07, 6.45) is -25.0. The molecule has 0 aromatic carbocycles. The molecule has 16 atom stereocenters. The highest BCUT2D eigenvalue weighted by molar-refractivity contribution is 7.82. The Morgan fingerprint density at radius 2 is 0.636 bits per heavy atom. The van der Waals surface area contributed by atoms with Crippen LogP contribution in [-0.2, 0) is 174 Å². The fourth-order valence-electron chi connectivity index (χ4n) is 9.79. The minimum Gasteiger partial charge on any atom is -0.381 e. The number of amides is 2. The van der Waals surface area contributed by atoms with Crippen LogP contribution < -0.4 is 10.6 Å². The number of rotatable bonds is 48. The van der Waals surface area contributed by atoms with Crippen molar-refractivity contribution in [2.75, 3.05) is 65.9 Å². The molecule has 584 valence electrons. The van der Waals surface area contributed by atoms with Crippen LogP contribution in [0.3, 0.4) is 0 Å². The summed E-state index contributed by atoms with van der Waals surface area (Å²) < 4.78 is 351. The fraction of sp³-hybridized carbons (Fsp3) is 0.956. The summed E-state index contributed by atoms with van der Waals surface area (Å²) in [5, 5.41) is 5.52. The van der Waals surface area contributed by atoms with E-state index in [4.69, 9.17) is 64.8 Å². The van der Waals surface area contributed by atoms with Crippen LogP contribution in [-0.4, -0.2) is 280 Å². The van der Waals surface area contributed by atoms with Gasteiger partial charge in [-0.2, -0.15) is 67.3 Å². The molecule has 0 aromatic rings. The Balaban J connectivity index is 1.04. The number of hydrogen-bond donors (Lipinski definition) is 10. The van der Waals surface area contributed by atoms with Gasteiger partial charge in [0.05, 0.1) is 50.8 Å². The summed E-state index contributed by atoms with van der Waals surface area (Å²) in [6, 6.07) is 0. The van der Waals surface area contributed by atoms with Gasteiger partial charge in [-0.25, -0.2) is 33.5 Å². The van der Waals surface area contributed by atoms with E-state index in [9.17, 15) is 104 Å². The smallest absolute Gasteiger partial charge is 0.381 e. The molecule has 46 nitrogen and oxygen atoms in total. The zero-order valence-electron chi connectivity index (χ0n) is 52.5. The van der Waals surface area contributed by atoms with Crippen molar-refractivity contribution >= 4 is 95.0 Å². The lowest BCUT2D eigenvalue weighted by Gasteiger charge is -2.43. The summed E-state index contributed by atoms with van der Waals surface area (Å²) in [4.78, 5) is 24.6. The molecule has 4 rings (SSSR count). The second-order valence-electron chi connectivity index (χ2n) is 21.9. The van der Waals surface area contributed by atoms with E-state index in [2.05, 4.69) is 35.7 Å². The van der Waals surface area contributed by atoms with Crippen molar-refractivity contribution in [2.24, 2.45) is 0 Å². The molecular formula is C45H82N2O44S8. The van der Waals surface area contributed by atoms with E-state index in [-0.39, 0.29) is 64.3 Å². The lowest BCUT2D eigenvalue weighted by molar-refractivity contribution is -0.316. The number of carbonyl (C=O) groups excluding carboxylic acids is 2. The average molecular weight is 1610 g/mol. The van der Waals surface area contributed by atoms with Crippen LogP contribution in [0.4, 0.5) is 0 Å². The van der Waals surface area contributed by atoms with Crippen molar-refractivity contribution < 1.29 is 194 Å². The number of ether oxygens (including phenoxy) is 10. The number of carbonyl (C=O) groups is 2. The quantitative estimate of drug-likeness (QED) is 0.0224. The minimum atomic E-state index is -5.38. The first kappa shape index (κ1) is 88.9. The predicted molar refractivity (Wildman–Crippen MR) is 318 cm³/mol. The highest BCUT2D eigenvalue weighted by atomic mass is 32.3. The first-order valence-corrected chi connectivity index (χ1v) is 40.6. The zero-order chi connectivity index (χ0) is 74.2. The van der Waals surface area contributed by atoms with Gasteiger partial charge in [-0.15, -0.1) is 0 Å².